The van der Waals surface area contributed by atoms with Crippen molar-refractivity contribution >= 4 is 15.9 Å². The lowest BCUT2D eigenvalue weighted by molar-refractivity contribution is 0.0675. The first-order valence-electron chi connectivity index (χ1n) is 6.63. The van der Waals surface area contributed by atoms with Crippen molar-refractivity contribution in [3.63, 3.8) is 0 Å². The molecule has 0 aliphatic rings. The lowest BCUT2D eigenvalue weighted by Gasteiger charge is -2.14. The molecule has 0 aromatic heterocycles. The van der Waals surface area contributed by atoms with Crippen LogP contribution in [-0.2, 0) is 15.9 Å². The Morgan fingerprint density at radius 1 is 1.26 bits per heavy atom. The van der Waals surface area contributed by atoms with E-state index in [0.29, 0.717) is 19.1 Å². The zero-order valence-electron chi connectivity index (χ0n) is 11.4. The number of ether oxygens (including phenoxy) is 2. The molecule has 0 aliphatic heterocycles. The molecule has 19 heavy (non-hydrogen) atoms. The van der Waals surface area contributed by atoms with E-state index in [-0.39, 0.29) is 5.82 Å². The molecule has 1 atom stereocenters. The van der Waals surface area contributed by atoms with Crippen molar-refractivity contribution in [3.8, 4) is 0 Å². The zero-order valence-corrected chi connectivity index (χ0v) is 13.0. The third-order valence-corrected chi connectivity index (χ3v) is 3.88. The molecule has 0 heterocycles. The van der Waals surface area contributed by atoms with E-state index in [0.717, 1.165) is 36.8 Å². The molecule has 2 nitrogen and oxygen atoms in total. The van der Waals surface area contributed by atoms with Crippen molar-refractivity contribution in [2.45, 2.75) is 19.3 Å². The quantitative estimate of drug-likeness (QED) is 0.479. The number of rotatable bonds is 10. The normalized spacial score (nSPS) is 12.6. The molecule has 0 bridgehead atoms. The summed E-state index contributed by atoms with van der Waals surface area (Å²) in [6.45, 7) is 2.06. The molecule has 1 rings (SSSR count). The standard InChI is InChI=1S/C15H22BrFO2/c1-18-8-9-19-7-3-5-14(12-16)10-13-4-2-6-15(17)11-13/h2,4,6,11,14H,3,5,7-10,12H2,1H3. The van der Waals surface area contributed by atoms with E-state index in [1.807, 2.05) is 6.07 Å². The van der Waals surface area contributed by atoms with E-state index in [4.69, 9.17) is 9.47 Å². The van der Waals surface area contributed by atoms with Crippen LogP contribution in [0.25, 0.3) is 0 Å². The second-order valence-corrected chi connectivity index (χ2v) is 5.25. The van der Waals surface area contributed by atoms with Crippen LogP contribution < -0.4 is 0 Å². The van der Waals surface area contributed by atoms with Gasteiger partial charge in [-0.2, -0.15) is 0 Å². The fraction of sp³-hybridized carbons (Fsp3) is 0.600. The van der Waals surface area contributed by atoms with Crippen LogP contribution in [0, 0.1) is 11.7 Å². The molecule has 1 aromatic carbocycles. The number of hydrogen-bond donors (Lipinski definition) is 0. The summed E-state index contributed by atoms with van der Waals surface area (Å²) < 4.78 is 23.5. The van der Waals surface area contributed by atoms with Crippen LogP contribution in [0.3, 0.4) is 0 Å². The van der Waals surface area contributed by atoms with Gasteiger partial charge in [-0.1, -0.05) is 28.1 Å². The predicted molar refractivity (Wildman–Crippen MR) is 79.3 cm³/mol. The Morgan fingerprint density at radius 2 is 2.11 bits per heavy atom. The van der Waals surface area contributed by atoms with Gasteiger partial charge in [0.25, 0.3) is 0 Å². The molecule has 0 spiro atoms. The molecular formula is C15H22BrFO2. The lowest BCUT2D eigenvalue weighted by atomic mass is 9.97. The molecule has 108 valence electrons. The van der Waals surface area contributed by atoms with Gasteiger partial charge in [0.1, 0.15) is 5.82 Å². The number of alkyl halides is 1. The van der Waals surface area contributed by atoms with E-state index in [1.165, 1.54) is 6.07 Å². The van der Waals surface area contributed by atoms with Gasteiger partial charge in [-0.25, -0.2) is 4.39 Å². The van der Waals surface area contributed by atoms with Gasteiger partial charge in [0, 0.05) is 19.0 Å². The molecule has 0 saturated heterocycles. The Hall–Kier alpha value is -0.450. The first-order valence-corrected chi connectivity index (χ1v) is 7.75. The second-order valence-electron chi connectivity index (χ2n) is 4.60. The molecule has 1 aromatic rings. The molecule has 0 N–H and O–H groups in total. The molecular weight excluding hydrogens is 311 g/mol. The van der Waals surface area contributed by atoms with Crippen molar-refractivity contribution in [1.82, 2.24) is 0 Å². The number of benzene rings is 1. The minimum atomic E-state index is -0.159. The lowest BCUT2D eigenvalue weighted by Crippen LogP contribution is -2.09. The SMILES string of the molecule is COCCOCCCC(CBr)Cc1cccc(F)c1. The summed E-state index contributed by atoms with van der Waals surface area (Å²) in [5.41, 5.74) is 1.06. The summed E-state index contributed by atoms with van der Waals surface area (Å²) in [6.07, 6.45) is 3.01. The molecule has 0 fully saturated rings. The summed E-state index contributed by atoms with van der Waals surface area (Å²) in [7, 11) is 1.67. The average molecular weight is 333 g/mol. The zero-order chi connectivity index (χ0) is 13.9. The maximum Gasteiger partial charge on any atom is 0.123 e. The minimum Gasteiger partial charge on any atom is -0.382 e. The van der Waals surface area contributed by atoms with Crippen molar-refractivity contribution < 1.29 is 13.9 Å². The predicted octanol–water partition coefficient (Wildman–Crippen LogP) is 3.82. The Morgan fingerprint density at radius 3 is 2.79 bits per heavy atom. The summed E-state index contributed by atoms with van der Waals surface area (Å²) in [5.74, 6) is 0.363. The fourth-order valence-corrected chi connectivity index (χ4v) is 2.50. The Balaban J connectivity index is 2.22. The maximum absolute atomic E-state index is 13.1. The minimum absolute atomic E-state index is 0.159. The number of halogens is 2. The van der Waals surface area contributed by atoms with Crippen LogP contribution in [0.15, 0.2) is 24.3 Å². The monoisotopic (exact) mass is 332 g/mol. The fourth-order valence-electron chi connectivity index (χ4n) is 1.95. The van der Waals surface area contributed by atoms with E-state index >= 15 is 0 Å². The van der Waals surface area contributed by atoms with E-state index < -0.39 is 0 Å². The smallest absolute Gasteiger partial charge is 0.123 e. The molecule has 0 radical (unpaired) electrons. The molecule has 4 heteroatoms. The Labute approximate surface area is 123 Å². The van der Waals surface area contributed by atoms with Gasteiger partial charge in [-0.05, 0) is 42.9 Å². The number of hydrogen-bond acceptors (Lipinski definition) is 2. The van der Waals surface area contributed by atoms with Gasteiger partial charge < -0.3 is 9.47 Å². The highest BCUT2D eigenvalue weighted by molar-refractivity contribution is 9.09. The average Bonchev–Trinajstić information content (AvgIpc) is 2.41. The van der Waals surface area contributed by atoms with Crippen LogP contribution >= 0.6 is 15.9 Å². The maximum atomic E-state index is 13.1. The summed E-state index contributed by atoms with van der Waals surface area (Å²) >= 11 is 3.53. The third kappa shape index (κ3) is 7.65. The van der Waals surface area contributed by atoms with Gasteiger partial charge in [0.2, 0.25) is 0 Å². The van der Waals surface area contributed by atoms with Crippen molar-refractivity contribution in [1.29, 1.82) is 0 Å². The van der Waals surface area contributed by atoms with E-state index in [2.05, 4.69) is 15.9 Å². The Bertz CT molecular complexity index is 347. The third-order valence-electron chi connectivity index (χ3n) is 2.96. The largest absolute Gasteiger partial charge is 0.382 e. The van der Waals surface area contributed by atoms with E-state index in [1.54, 1.807) is 19.2 Å². The number of methoxy groups -OCH3 is 1. The van der Waals surface area contributed by atoms with Crippen LogP contribution in [0.2, 0.25) is 0 Å². The second kappa shape index (κ2) is 10.4. The Kier molecular flexibility index (Phi) is 9.05. The topological polar surface area (TPSA) is 18.5 Å². The summed E-state index contributed by atoms with van der Waals surface area (Å²) in [6, 6.07) is 6.85. The van der Waals surface area contributed by atoms with Gasteiger partial charge in [-0.3, -0.25) is 0 Å². The highest BCUT2D eigenvalue weighted by atomic mass is 79.9. The first kappa shape index (κ1) is 16.6. The summed E-state index contributed by atoms with van der Waals surface area (Å²) in [4.78, 5) is 0. The summed E-state index contributed by atoms with van der Waals surface area (Å²) in [5, 5.41) is 0.932. The van der Waals surface area contributed by atoms with Crippen LogP contribution in [-0.4, -0.2) is 32.3 Å². The van der Waals surface area contributed by atoms with Gasteiger partial charge in [0.05, 0.1) is 13.2 Å². The van der Waals surface area contributed by atoms with Crippen molar-refractivity contribution in [3.05, 3.63) is 35.6 Å². The van der Waals surface area contributed by atoms with E-state index in [9.17, 15) is 4.39 Å². The molecule has 0 amide bonds. The molecule has 0 aliphatic carbocycles. The first-order chi connectivity index (χ1) is 9.26. The van der Waals surface area contributed by atoms with Crippen molar-refractivity contribution in [2.24, 2.45) is 5.92 Å². The van der Waals surface area contributed by atoms with Gasteiger partial charge in [-0.15, -0.1) is 0 Å². The highest BCUT2D eigenvalue weighted by Gasteiger charge is 2.08. The molecule has 0 saturated carbocycles. The highest BCUT2D eigenvalue weighted by Crippen LogP contribution is 2.17. The van der Waals surface area contributed by atoms with Gasteiger partial charge in [0.15, 0.2) is 0 Å². The van der Waals surface area contributed by atoms with Crippen molar-refractivity contribution in [2.75, 3.05) is 32.3 Å². The molecule has 1 unspecified atom stereocenters. The van der Waals surface area contributed by atoms with Crippen LogP contribution in [0.5, 0.6) is 0 Å². The van der Waals surface area contributed by atoms with Gasteiger partial charge >= 0.3 is 0 Å². The van der Waals surface area contributed by atoms with Crippen LogP contribution in [0.4, 0.5) is 4.39 Å². The van der Waals surface area contributed by atoms with Crippen LogP contribution in [0.1, 0.15) is 18.4 Å².